The van der Waals surface area contributed by atoms with Crippen LogP contribution in [0.2, 0.25) is 0 Å². The van der Waals surface area contributed by atoms with Gasteiger partial charge in [0.25, 0.3) is 0 Å². The van der Waals surface area contributed by atoms with Gasteiger partial charge in [0.2, 0.25) is 10.0 Å². The second kappa shape index (κ2) is 5.09. The summed E-state index contributed by atoms with van der Waals surface area (Å²) in [7, 11) is -3.19. The highest BCUT2D eigenvalue weighted by Crippen LogP contribution is 2.17. The van der Waals surface area contributed by atoms with Crippen LogP contribution in [0.1, 0.15) is 18.0 Å². The zero-order valence-corrected chi connectivity index (χ0v) is 9.50. The SMILES string of the molecule is C=CCC(NS(C)(=O)=O)c1ccccc1. The van der Waals surface area contributed by atoms with Crippen LogP contribution in [0.25, 0.3) is 0 Å². The first-order chi connectivity index (χ1) is 7.03. The van der Waals surface area contributed by atoms with Crippen molar-refractivity contribution >= 4 is 10.0 Å². The summed E-state index contributed by atoms with van der Waals surface area (Å²) in [5.41, 5.74) is 0.947. The number of nitrogens with one attached hydrogen (secondary N) is 1. The predicted molar refractivity (Wildman–Crippen MR) is 62.0 cm³/mol. The third-order valence-corrected chi connectivity index (χ3v) is 2.67. The van der Waals surface area contributed by atoms with Gasteiger partial charge in [0.05, 0.1) is 12.3 Å². The van der Waals surface area contributed by atoms with E-state index in [4.69, 9.17) is 0 Å². The lowest BCUT2D eigenvalue weighted by Crippen LogP contribution is -2.27. The van der Waals surface area contributed by atoms with Crippen molar-refractivity contribution in [2.45, 2.75) is 12.5 Å². The van der Waals surface area contributed by atoms with Gasteiger partial charge in [-0.3, -0.25) is 0 Å². The van der Waals surface area contributed by atoms with E-state index >= 15 is 0 Å². The lowest BCUT2D eigenvalue weighted by atomic mass is 10.1. The first-order valence-corrected chi connectivity index (χ1v) is 6.55. The molecule has 0 radical (unpaired) electrons. The highest BCUT2D eigenvalue weighted by atomic mass is 32.2. The Morgan fingerprint density at radius 2 is 2.00 bits per heavy atom. The molecule has 0 fully saturated rings. The number of hydrogen-bond acceptors (Lipinski definition) is 2. The lowest BCUT2D eigenvalue weighted by Gasteiger charge is -2.15. The number of sulfonamides is 1. The molecule has 0 aromatic heterocycles. The third kappa shape index (κ3) is 4.27. The molecule has 1 N–H and O–H groups in total. The van der Waals surface area contributed by atoms with E-state index in [2.05, 4.69) is 11.3 Å². The summed E-state index contributed by atoms with van der Waals surface area (Å²) in [4.78, 5) is 0. The monoisotopic (exact) mass is 225 g/mol. The highest BCUT2D eigenvalue weighted by molar-refractivity contribution is 7.88. The quantitative estimate of drug-likeness (QED) is 0.777. The zero-order valence-electron chi connectivity index (χ0n) is 8.68. The van der Waals surface area contributed by atoms with E-state index in [9.17, 15) is 8.42 Å². The minimum Gasteiger partial charge on any atom is -0.213 e. The van der Waals surface area contributed by atoms with E-state index < -0.39 is 10.0 Å². The van der Waals surface area contributed by atoms with Crippen LogP contribution in [0.5, 0.6) is 0 Å². The van der Waals surface area contributed by atoms with Gasteiger partial charge in [-0.25, -0.2) is 13.1 Å². The molecule has 1 aromatic carbocycles. The molecule has 0 bridgehead atoms. The van der Waals surface area contributed by atoms with Gasteiger partial charge in [0, 0.05) is 0 Å². The topological polar surface area (TPSA) is 46.2 Å². The van der Waals surface area contributed by atoms with E-state index in [-0.39, 0.29) is 6.04 Å². The molecule has 1 rings (SSSR count). The number of rotatable bonds is 5. The Labute approximate surface area is 90.9 Å². The lowest BCUT2D eigenvalue weighted by molar-refractivity contribution is 0.563. The molecular weight excluding hydrogens is 210 g/mol. The van der Waals surface area contributed by atoms with Crippen LogP contribution in [0.15, 0.2) is 43.0 Å². The summed E-state index contributed by atoms with van der Waals surface area (Å²) in [6.07, 6.45) is 3.44. The Morgan fingerprint density at radius 3 is 2.47 bits per heavy atom. The van der Waals surface area contributed by atoms with Gasteiger partial charge < -0.3 is 0 Å². The Bertz CT molecular complexity index is 411. The Balaban J connectivity index is 2.88. The van der Waals surface area contributed by atoms with Crippen molar-refractivity contribution in [3.63, 3.8) is 0 Å². The normalized spacial score (nSPS) is 13.4. The van der Waals surface area contributed by atoms with Gasteiger partial charge in [-0.2, -0.15) is 0 Å². The zero-order chi connectivity index (χ0) is 11.3. The van der Waals surface area contributed by atoms with Crippen molar-refractivity contribution in [1.29, 1.82) is 0 Å². The molecule has 0 saturated carbocycles. The first-order valence-electron chi connectivity index (χ1n) is 4.66. The average molecular weight is 225 g/mol. The van der Waals surface area contributed by atoms with Gasteiger partial charge in [-0.1, -0.05) is 36.4 Å². The molecule has 0 heterocycles. The molecule has 0 aliphatic rings. The van der Waals surface area contributed by atoms with E-state index in [1.807, 2.05) is 30.3 Å². The fourth-order valence-electron chi connectivity index (χ4n) is 1.36. The van der Waals surface area contributed by atoms with Crippen LogP contribution in [0.3, 0.4) is 0 Å². The minimum absolute atomic E-state index is 0.223. The van der Waals surface area contributed by atoms with Crippen LogP contribution in [-0.2, 0) is 10.0 Å². The highest BCUT2D eigenvalue weighted by Gasteiger charge is 2.13. The van der Waals surface area contributed by atoms with Crippen molar-refractivity contribution in [2.24, 2.45) is 0 Å². The summed E-state index contributed by atoms with van der Waals surface area (Å²) >= 11 is 0. The minimum atomic E-state index is -3.19. The molecule has 1 aromatic rings. The van der Waals surface area contributed by atoms with E-state index in [1.54, 1.807) is 6.08 Å². The maximum atomic E-state index is 11.1. The van der Waals surface area contributed by atoms with E-state index in [0.717, 1.165) is 11.8 Å². The smallest absolute Gasteiger partial charge is 0.209 e. The Morgan fingerprint density at radius 1 is 1.40 bits per heavy atom. The average Bonchev–Trinajstić information content (AvgIpc) is 2.17. The van der Waals surface area contributed by atoms with Gasteiger partial charge in [0.1, 0.15) is 0 Å². The van der Waals surface area contributed by atoms with Crippen molar-refractivity contribution < 1.29 is 8.42 Å². The Kier molecular flexibility index (Phi) is 4.05. The molecule has 1 atom stereocenters. The predicted octanol–water partition coefficient (Wildman–Crippen LogP) is 1.85. The van der Waals surface area contributed by atoms with Gasteiger partial charge >= 0.3 is 0 Å². The number of hydrogen-bond donors (Lipinski definition) is 1. The van der Waals surface area contributed by atoms with Crippen LogP contribution >= 0.6 is 0 Å². The van der Waals surface area contributed by atoms with Gasteiger partial charge in [-0.05, 0) is 12.0 Å². The second-order valence-corrected chi connectivity index (χ2v) is 5.16. The molecular formula is C11H15NO2S. The van der Waals surface area contributed by atoms with E-state index in [1.165, 1.54) is 0 Å². The maximum Gasteiger partial charge on any atom is 0.209 e. The van der Waals surface area contributed by atoms with Crippen LogP contribution in [-0.4, -0.2) is 14.7 Å². The van der Waals surface area contributed by atoms with Crippen molar-refractivity contribution in [2.75, 3.05) is 6.26 Å². The van der Waals surface area contributed by atoms with Crippen LogP contribution in [0.4, 0.5) is 0 Å². The van der Waals surface area contributed by atoms with Crippen LogP contribution in [0, 0.1) is 0 Å². The summed E-state index contributed by atoms with van der Waals surface area (Å²) < 4.78 is 24.9. The maximum absolute atomic E-state index is 11.1. The molecule has 0 amide bonds. The second-order valence-electron chi connectivity index (χ2n) is 3.38. The molecule has 0 aliphatic carbocycles. The summed E-state index contributed by atoms with van der Waals surface area (Å²) in [5, 5.41) is 0. The van der Waals surface area contributed by atoms with Crippen molar-refractivity contribution in [3.8, 4) is 0 Å². The molecule has 15 heavy (non-hydrogen) atoms. The fourth-order valence-corrected chi connectivity index (χ4v) is 2.11. The van der Waals surface area contributed by atoms with Gasteiger partial charge in [-0.15, -0.1) is 6.58 Å². The third-order valence-electron chi connectivity index (χ3n) is 1.96. The van der Waals surface area contributed by atoms with Crippen LogP contribution < -0.4 is 4.72 Å². The standard InChI is InChI=1S/C11H15NO2S/c1-3-7-11(12-15(2,13)14)10-8-5-4-6-9-10/h3-6,8-9,11-12H,1,7H2,2H3. The number of benzene rings is 1. The summed E-state index contributed by atoms with van der Waals surface area (Å²) in [6, 6.07) is 9.23. The van der Waals surface area contributed by atoms with Crippen molar-refractivity contribution in [1.82, 2.24) is 4.72 Å². The first kappa shape index (κ1) is 11.9. The van der Waals surface area contributed by atoms with E-state index in [0.29, 0.717) is 6.42 Å². The molecule has 0 aliphatic heterocycles. The fraction of sp³-hybridized carbons (Fsp3) is 0.273. The van der Waals surface area contributed by atoms with Crippen molar-refractivity contribution in [3.05, 3.63) is 48.6 Å². The molecule has 4 heteroatoms. The molecule has 0 spiro atoms. The Hall–Kier alpha value is -1.13. The molecule has 1 unspecified atom stereocenters. The molecule has 82 valence electrons. The van der Waals surface area contributed by atoms with Gasteiger partial charge in [0.15, 0.2) is 0 Å². The molecule has 3 nitrogen and oxygen atoms in total. The largest absolute Gasteiger partial charge is 0.213 e. The summed E-state index contributed by atoms with van der Waals surface area (Å²) in [5.74, 6) is 0. The molecule has 0 saturated heterocycles. The summed E-state index contributed by atoms with van der Waals surface area (Å²) in [6.45, 7) is 3.62.